The quantitative estimate of drug-likeness (QED) is 0.727. The molecule has 2 nitrogen and oxygen atoms in total. The van der Waals surface area contributed by atoms with Gasteiger partial charge in [0.15, 0.2) is 5.78 Å². The number of fused-ring (bicyclic) bond motifs is 5. The normalized spacial score (nSPS) is 49.3. The number of allylic oxidation sites excluding steroid dienone is 2. The summed E-state index contributed by atoms with van der Waals surface area (Å²) in [4.78, 5) is 11.8. The summed E-state index contributed by atoms with van der Waals surface area (Å²) in [6.07, 6.45) is 10.1. The molecule has 0 amide bonds. The lowest BCUT2D eigenvalue weighted by molar-refractivity contribution is -0.116. The Labute approximate surface area is 140 Å². The highest BCUT2D eigenvalue weighted by atomic mass is 16.3. The lowest BCUT2D eigenvalue weighted by Gasteiger charge is -2.57. The summed E-state index contributed by atoms with van der Waals surface area (Å²) in [6.45, 7) is 8.83. The zero-order valence-electron chi connectivity index (χ0n) is 14.6. The molecule has 23 heavy (non-hydrogen) atoms. The molecule has 0 saturated heterocycles. The minimum atomic E-state index is -0.543. The first-order valence-electron chi connectivity index (χ1n) is 9.53. The standard InChI is InChI=1S/C21H30O2/c1-4-21-12-13(2)19-16-8-6-15(22)11-14(16)5-7-17(19)18(21)9-10-20(21,3)23/h11,16-19,23H,2,4-10,12H2,1,3H3/t16?,17?,18?,19?,20-,21-/m0/s1. The third-order valence-electron chi connectivity index (χ3n) is 8.07. The summed E-state index contributed by atoms with van der Waals surface area (Å²) in [7, 11) is 0. The maximum Gasteiger partial charge on any atom is 0.155 e. The Kier molecular flexibility index (Phi) is 3.43. The van der Waals surface area contributed by atoms with Crippen molar-refractivity contribution in [1.29, 1.82) is 0 Å². The maximum absolute atomic E-state index is 11.8. The summed E-state index contributed by atoms with van der Waals surface area (Å²) in [6, 6.07) is 0. The number of rotatable bonds is 1. The van der Waals surface area contributed by atoms with Crippen LogP contribution in [0, 0.1) is 29.1 Å². The Balaban J connectivity index is 1.72. The van der Waals surface area contributed by atoms with E-state index in [4.69, 9.17) is 0 Å². The Bertz CT molecular complexity index is 585. The first-order valence-corrected chi connectivity index (χ1v) is 9.53. The van der Waals surface area contributed by atoms with Crippen molar-refractivity contribution in [2.45, 2.75) is 70.8 Å². The van der Waals surface area contributed by atoms with E-state index in [2.05, 4.69) is 20.4 Å². The molecule has 126 valence electrons. The predicted molar refractivity (Wildman–Crippen MR) is 91.9 cm³/mol. The fraction of sp³-hybridized carbons (Fsp3) is 0.762. The van der Waals surface area contributed by atoms with Gasteiger partial charge in [0.05, 0.1) is 5.60 Å². The van der Waals surface area contributed by atoms with Crippen molar-refractivity contribution >= 4 is 5.78 Å². The molecule has 3 fully saturated rings. The molecule has 4 aliphatic carbocycles. The highest BCUT2D eigenvalue weighted by Gasteiger charge is 2.62. The van der Waals surface area contributed by atoms with Crippen LogP contribution < -0.4 is 0 Å². The van der Waals surface area contributed by atoms with Gasteiger partial charge in [0, 0.05) is 11.8 Å². The SMILES string of the molecule is C=C1C[C@@]2(CC)C(CC[C@]2(C)O)C2CCC3=CC(=O)CCC3C12. The molecule has 1 N–H and O–H groups in total. The Morgan fingerprint density at radius 3 is 2.83 bits per heavy atom. The molecule has 4 rings (SSSR count). The van der Waals surface area contributed by atoms with E-state index in [9.17, 15) is 9.90 Å². The number of aliphatic hydroxyl groups is 1. The summed E-state index contributed by atoms with van der Waals surface area (Å²) in [5, 5.41) is 11.1. The molecular formula is C21H30O2. The summed E-state index contributed by atoms with van der Waals surface area (Å²) >= 11 is 0. The van der Waals surface area contributed by atoms with Crippen LogP contribution in [0.4, 0.5) is 0 Å². The second kappa shape index (κ2) is 5.05. The van der Waals surface area contributed by atoms with Crippen molar-refractivity contribution in [2.75, 3.05) is 0 Å². The van der Waals surface area contributed by atoms with Crippen molar-refractivity contribution in [1.82, 2.24) is 0 Å². The van der Waals surface area contributed by atoms with E-state index in [1.165, 1.54) is 24.0 Å². The van der Waals surface area contributed by atoms with Gasteiger partial charge in [-0.1, -0.05) is 24.6 Å². The average molecular weight is 314 g/mol. The third-order valence-corrected chi connectivity index (χ3v) is 8.07. The number of hydrogen-bond acceptors (Lipinski definition) is 2. The largest absolute Gasteiger partial charge is 0.390 e. The van der Waals surface area contributed by atoms with Crippen LogP contribution in [-0.4, -0.2) is 16.5 Å². The Morgan fingerprint density at radius 2 is 2.09 bits per heavy atom. The van der Waals surface area contributed by atoms with Gasteiger partial charge in [-0.15, -0.1) is 0 Å². The van der Waals surface area contributed by atoms with Crippen LogP contribution in [-0.2, 0) is 4.79 Å². The van der Waals surface area contributed by atoms with Gasteiger partial charge in [-0.3, -0.25) is 4.79 Å². The van der Waals surface area contributed by atoms with Crippen molar-refractivity contribution < 1.29 is 9.90 Å². The van der Waals surface area contributed by atoms with E-state index < -0.39 is 5.60 Å². The van der Waals surface area contributed by atoms with Crippen LogP contribution in [0.2, 0.25) is 0 Å². The van der Waals surface area contributed by atoms with Crippen LogP contribution in [0.3, 0.4) is 0 Å². The fourth-order valence-electron chi connectivity index (χ4n) is 6.98. The zero-order chi connectivity index (χ0) is 16.4. The zero-order valence-corrected chi connectivity index (χ0v) is 14.6. The molecule has 0 aromatic carbocycles. The lowest BCUT2D eigenvalue weighted by Crippen LogP contribution is -2.53. The van der Waals surface area contributed by atoms with E-state index in [0.29, 0.717) is 35.9 Å². The van der Waals surface area contributed by atoms with Crippen LogP contribution >= 0.6 is 0 Å². The molecule has 6 atom stereocenters. The fourth-order valence-corrected chi connectivity index (χ4v) is 6.98. The van der Waals surface area contributed by atoms with Crippen molar-refractivity contribution in [3.8, 4) is 0 Å². The maximum atomic E-state index is 11.8. The molecule has 2 heteroatoms. The lowest BCUT2D eigenvalue weighted by atomic mass is 9.48. The second-order valence-corrected chi connectivity index (χ2v) is 8.82. The minimum Gasteiger partial charge on any atom is -0.390 e. The molecule has 0 aromatic heterocycles. The molecular weight excluding hydrogens is 284 g/mol. The third kappa shape index (κ3) is 2.00. The van der Waals surface area contributed by atoms with Crippen LogP contribution in [0.5, 0.6) is 0 Å². The highest BCUT2D eigenvalue weighted by molar-refractivity contribution is 5.91. The minimum absolute atomic E-state index is 0.0386. The molecule has 0 bridgehead atoms. The highest BCUT2D eigenvalue weighted by Crippen LogP contribution is 2.67. The van der Waals surface area contributed by atoms with E-state index >= 15 is 0 Å². The monoisotopic (exact) mass is 314 g/mol. The molecule has 0 aromatic rings. The first kappa shape index (κ1) is 15.6. The molecule has 0 aliphatic heterocycles. The van der Waals surface area contributed by atoms with Gasteiger partial charge in [0.25, 0.3) is 0 Å². The topological polar surface area (TPSA) is 37.3 Å². The Hall–Kier alpha value is -0.890. The summed E-state index contributed by atoms with van der Waals surface area (Å²) in [5.41, 5.74) is 2.26. The number of ketones is 1. The van der Waals surface area contributed by atoms with Gasteiger partial charge in [-0.05, 0) is 81.6 Å². The molecule has 4 unspecified atom stereocenters. The van der Waals surface area contributed by atoms with Crippen LogP contribution in [0.1, 0.15) is 65.2 Å². The number of carbonyl (C=O) groups is 1. The van der Waals surface area contributed by atoms with Crippen molar-refractivity contribution in [3.05, 3.63) is 23.8 Å². The van der Waals surface area contributed by atoms with E-state index in [-0.39, 0.29) is 5.41 Å². The molecule has 3 saturated carbocycles. The second-order valence-electron chi connectivity index (χ2n) is 8.82. The van der Waals surface area contributed by atoms with Crippen molar-refractivity contribution in [2.24, 2.45) is 29.1 Å². The average Bonchev–Trinajstić information content (AvgIpc) is 2.78. The van der Waals surface area contributed by atoms with E-state index in [1.807, 2.05) is 6.08 Å². The smallest absolute Gasteiger partial charge is 0.155 e. The first-order chi connectivity index (χ1) is 10.9. The summed E-state index contributed by atoms with van der Waals surface area (Å²) < 4.78 is 0. The van der Waals surface area contributed by atoms with E-state index in [1.54, 1.807) is 0 Å². The van der Waals surface area contributed by atoms with Gasteiger partial charge >= 0.3 is 0 Å². The van der Waals surface area contributed by atoms with Gasteiger partial charge in [0.1, 0.15) is 0 Å². The van der Waals surface area contributed by atoms with Crippen LogP contribution in [0.15, 0.2) is 23.8 Å². The number of carbonyl (C=O) groups excluding carboxylic acids is 1. The van der Waals surface area contributed by atoms with Gasteiger partial charge in [-0.2, -0.15) is 0 Å². The predicted octanol–water partition coefficient (Wildman–Crippen LogP) is 4.44. The summed E-state index contributed by atoms with van der Waals surface area (Å²) in [5.74, 6) is 2.74. The Morgan fingerprint density at radius 1 is 1.30 bits per heavy atom. The molecule has 0 spiro atoms. The molecule has 4 aliphatic rings. The van der Waals surface area contributed by atoms with Gasteiger partial charge < -0.3 is 5.11 Å². The van der Waals surface area contributed by atoms with E-state index in [0.717, 1.165) is 32.1 Å². The molecule has 0 radical (unpaired) electrons. The van der Waals surface area contributed by atoms with Gasteiger partial charge in [-0.25, -0.2) is 0 Å². The van der Waals surface area contributed by atoms with Crippen LogP contribution in [0.25, 0.3) is 0 Å². The van der Waals surface area contributed by atoms with Gasteiger partial charge in [0.2, 0.25) is 0 Å². The molecule has 0 heterocycles. The number of hydrogen-bond donors (Lipinski definition) is 1. The van der Waals surface area contributed by atoms with Crippen molar-refractivity contribution in [3.63, 3.8) is 0 Å².